The Bertz CT molecular complexity index is 1140. The van der Waals surface area contributed by atoms with Crippen LogP contribution in [0.25, 0.3) is 0 Å². The maximum Gasteiger partial charge on any atom is 0.256 e. The molecule has 1 atom stereocenters. The Morgan fingerprint density at radius 1 is 1.14 bits per heavy atom. The number of hydrogen-bond acceptors (Lipinski definition) is 6. The van der Waals surface area contributed by atoms with E-state index in [1.54, 1.807) is 18.2 Å². The van der Waals surface area contributed by atoms with Gasteiger partial charge in [-0.15, -0.1) is 0 Å². The summed E-state index contributed by atoms with van der Waals surface area (Å²) in [6.45, 7) is 5.63. The number of ether oxygens (including phenoxy) is 1. The minimum atomic E-state index is -0.698. The molecule has 2 aliphatic heterocycles. The van der Waals surface area contributed by atoms with Crippen LogP contribution in [0.15, 0.2) is 46.9 Å². The summed E-state index contributed by atoms with van der Waals surface area (Å²) in [5.74, 6) is 0.0244. The van der Waals surface area contributed by atoms with Crippen LogP contribution in [0.2, 0.25) is 5.02 Å². The Morgan fingerprint density at radius 3 is 2.49 bits per heavy atom. The number of nitrogens with zero attached hydrogens (tertiary/aromatic N) is 4. The molecule has 2 amide bonds. The van der Waals surface area contributed by atoms with Crippen LogP contribution in [0.4, 0.5) is 11.4 Å². The number of rotatable bonds is 9. The molecule has 8 nitrogen and oxygen atoms in total. The van der Waals surface area contributed by atoms with Crippen molar-refractivity contribution in [3.05, 3.63) is 52.0 Å². The zero-order valence-electron chi connectivity index (χ0n) is 21.0. The van der Waals surface area contributed by atoms with Gasteiger partial charge in [-0.25, -0.2) is 0 Å². The summed E-state index contributed by atoms with van der Waals surface area (Å²) in [7, 11) is 3.67. The lowest BCUT2D eigenvalue weighted by molar-refractivity contribution is -0.124. The molecular weight excluding hydrogens is 578 g/mol. The number of hydrogen-bond donors (Lipinski definition) is 1. The molecule has 0 aromatic heterocycles. The van der Waals surface area contributed by atoms with Crippen LogP contribution in [0.1, 0.15) is 12.8 Å². The van der Waals surface area contributed by atoms with Gasteiger partial charge in [-0.2, -0.15) is 0 Å². The highest BCUT2D eigenvalue weighted by molar-refractivity contribution is 9.10. The summed E-state index contributed by atoms with van der Waals surface area (Å²) in [6.07, 6.45) is 0.823. The fraction of sp³-hybridized carbons (Fsp3) is 0.423. The number of anilines is 2. The van der Waals surface area contributed by atoms with Gasteiger partial charge >= 0.3 is 0 Å². The van der Waals surface area contributed by atoms with Gasteiger partial charge in [0.05, 0.1) is 24.2 Å². The number of halogens is 2. The third kappa shape index (κ3) is 6.80. The SMILES string of the molecule is COc1ccc(N2C(=O)[C@H](CC(=O)Nc3ccc(Br)cc3)N(CCCN3CCN(C)CC3)C2=S)cc1Cl. The molecule has 0 bridgehead atoms. The van der Waals surface area contributed by atoms with Crippen molar-refractivity contribution in [1.29, 1.82) is 0 Å². The molecule has 0 saturated carbocycles. The predicted octanol–water partition coefficient (Wildman–Crippen LogP) is 4.08. The van der Waals surface area contributed by atoms with Crippen LogP contribution in [-0.4, -0.2) is 91.1 Å². The Kier molecular flexibility index (Phi) is 9.41. The van der Waals surface area contributed by atoms with Gasteiger partial charge in [0.1, 0.15) is 11.8 Å². The van der Waals surface area contributed by atoms with Crippen molar-refractivity contribution in [2.75, 3.05) is 63.6 Å². The highest BCUT2D eigenvalue weighted by atomic mass is 79.9. The minimum absolute atomic E-state index is 0.00999. The van der Waals surface area contributed by atoms with Crippen LogP contribution in [-0.2, 0) is 9.59 Å². The molecule has 2 aliphatic rings. The lowest BCUT2D eigenvalue weighted by atomic mass is 10.1. The van der Waals surface area contributed by atoms with Gasteiger partial charge in [-0.1, -0.05) is 27.5 Å². The van der Waals surface area contributed by atoms with Crippen molar-refractivity contribution in [3.63, 3.8) is 0 Å². The Labute approximate surface area is 236 Å². The average Bonchev–Trinajstić information content (AvgIpc) is 3.10. The predicted molar refractivity (Wildman–Crippen MR) is 155 cm³/mol. The summed E-state index contributed by atoms with van der Waals surface area (Å²) in [5.41, 5.74) is 1.22. The van der Waals surface area contributed by atoms with E-state index in [9.17, 15) is 9.59 Å². The van der Waals surface area contributed by atoms with E-state index in [1.807, 2.05) is 29.2 Å². The molecule has 0 spiro atoms. The highest BCUT2D eigenvalue weighted by Crippen LogP contribution is 2.33. The van der Waals surface area contributed by atoms with Crippen LogP contribution in [0, 0.1) is 0 Å². The average molecular weight is 609 g/mol. The van der Waals surface area contributed by atoms with E-state index >= 15 is 0 Å². The van der Waals surface area contributed by atoms with E-state index in [4.69, 9.17) is 28.6 Å². The fourth-order valence-electron chi connectivity index (χ4n) is 4.58. The lowest BCUT2D eigenvalue weighted by Crippen LogP contribution is -2.45. The van der Waals surface area contributed by atoms with Gasteiger partial charge in [0, 0.05) is 42.9 Å². The second-order valence-corrected chi connectivity index (χ2v) is 10.9. The van der Waals surface area contributed by atoms with Gasteiger partial charge in [0.2, 0.25) is 5.91 Å². The van der Waals surface area contributed by atoms with Crippen LogP contribution in [0.5, 0.6) is 5.75 Å². The third-order valence-electron chi connectivity index (χ3n) is 6.69. The number of methoxy groups -OCH3 is 1. The molecule has 11 heteroatoms. The molecule has 2 fully saturated rings. The summed E-state index contributed by atoms with van der Waals surface area (Å²) in [5, 5.41) is 3.66. The summed E-state index contributed by atoms with van der Waals surface area (Å²) >= 11 is 15.5. The second kappa shape index (κ2) is 12.5. The van der Waals surface area contributed by atoms with E-state index in [0.717, 1.165) is 43.6 Å². The first-order valence-electron chi connectivity index (χ1n) is 12.2. The van der Waals surface area contributed by atoms with Crippen molar-refractivity contribution in [1.82, 2.24) is 14.7 Å². The van der Waals surface area contributed by atoms with Gasteiger partial charge in [0.15, 0.2) is 5.11 Å². The Morgan fingerprint density at radius 2 is 1.84 bits per heavy atom. The fourth-order valence-corrected chi connectivity index (χ4v) is 5.51. The standard InChI is InChI=1S/C26H31BrClN5O3S/c1-30-12-14-31(15-13-30)10-3-11-32-22(17-24(34)29-19-6-4-18(27)5-7-19)25(35)33(26(32)37)20-8-9-23(36-2)21(28)16-20/h4-9,16,22H,3,10-15,17H2,1-2H3,(H,29,34)/t22-/m0/s1. The quantitative estimate of drug-likeness (QED) is 0.431. The number of benzene rings is 2. The smallest absolute Gasteiger partial charge is 0.256 e. The summed E-state index contributed by atoms with van der Waals surface area (Å²) in [6, 6.07) is 11.7. The van der Waals surface area contributed by atoms with Gasteiger partial charge in [0.25, 0.3) is 5.91 Å². The van der Waals surface area contributed by atoms with E-state index in [-0.39, 0.29) is 18.2 Å². The monoisotopic (exact) mass is 607 g/mol. The first-order chi connectivity index (χ1) is 17.8. The maximum atomic E-state index is 13.6. The van der Waals surface area contributed by atoms with Crippen LogP contribution < -0.4 is 15.0 Å². The molecule has 2 aromatic carbocycles. The van der Waals surface area contributed by atoms with Crippen molar-refractivity contribution in [2.45, 2.75) is 18.9 Å². The largest absolute Gasteiger partial charge is 0.495 e. The maximum absolute atomic E-state index is 13.6. The molecule has 1 N–H and O–H groups in total. The van der Waals surface area contributed by atoms with Crippen molar-refractivity contribution in [3.8, 4) is 5.75 Å². The van der Waals surface area contributed by atoms with Crippen molar-refractivity contribution < 1.29 is 14.3 Å². The number of thiocarbonyl (C=S) groups is 1. The normalized spacial score (nSPS) is 19.0. The molecule has 198 valence electrons. The van der Waals surface area contributed by atoms with E-state index in [1.165, 1.54) is 12.0 Å². The topological polar surface area (TPSA) is 68.4 Å². The lowest BCUT2D eigenvalue weighted by Gasteiger charge is -2.33. The van der Waals surface area contributed by atoms with Crippen molar-refractivity contribution in [2.24, 2.45) is 0 Å². The second-order valence-electron chi connectivity index (χ2n) is 9.24. The number of piperazine rings is 1. The molecule has 2 saturated heterocycles. The zero-order chi connectivity index (χ0) is 26.5. The first-order valence-corrected chi connectivity index (χ1v) is 13.8. The van der Waals surface area contributed by atoms with Crippen LogP contribution >= 0.6 is 39.7 Å². The van der Waals surface area contributed by atoms with E-state index in [2.05, 4.69) is 38.1 Å². The van der Waals surface area contributed by atoms with Gasteiger partial charge in [-0.3, -0.25) is 14.5 Å². The Hall–Kier alpha value is -2.24. The number of carbonyl (C=O) groups excluding carboxylic acids is 2. The Balaban J connectivity index is 1.49. The van der Waals surface area contributed by atoms with E-state index < -0.39 is 6.04 Å². The summed E-state index contributed by atoms with van der Waals surface area (Å²) < 4.78 is 6.17. The molecule has 0 radical (unpaired) electrons. The highest BCUT2D eigenvalue weighted by Gasteiger charge is 2.44. The van der Waals surface area contributed by atoms with Crippen LogP contribution in [0.3, 0.4) is 0 Å². The molecule has 0 aliphatic carbocycles. The molecule has 2 aromatic rings. The van der Waals surface area contributed by atoms with E-state index in [0.29, 0.717) is 33.8 Å². The molecule has 2 heterocycles. The number of carbonyl (C=O) groups is 2. The minimum Gasteiger partial charge on any atom is -0.495 e. The number of nitrogens with one attached hydrogen (secondary N) is 1. The third-order valence-corrected chi connectivity index (χ3v) is 7.93. The first kappa shape index (κ1) is 27.8. The zero-order valence-corrected chi connectivity index (χ0v) is 24.1. The number of amides is 2. The van der Waals surface area contributed by atoms with Gasteiger partial charge in [-0.05, 0) is 74.7 Å². The van der Waals surface area contributed by atoms with Crippen molar-refractivity contribution >= 4 is 68.1 Å². The molecule has 4 rings (SSSR count). The summed E-state index contributed by atoms with van der Waals surface area (Å²) in [4.78, 5) is 34.7. The molecular formula is C26H31BrClN5O3S. The molecule has 0 unspecified atom stereocenters. The molecule has 37 heavy (non-hydrogen) atoms. The van der Waals surface area contributed by atoms with Gasteiger partial charge < -0.3 is 24.8 Å². The number of likely N-dealkylation sites (N-methyl/N-ethyl adjacent to an activating group) is 1.